The number of hydrogen-bond acceptors (Lipinski definition) is 3. The van der Waals surface area contributed by atoms with Crippen molar-refractivity contribution in [3.8, 4) is 0 Å². The lowest BCUT2D eigenvalue weighted by molar-refractivity contribution is -0.130. The van der Waals surface area contributed by atoms with Gasteiger partial charge in [-0.25, -0.2) is 0 Å². The van der Waals surface area contributed by atoms with Gasteiger partial charge in [-0.3, -0.25) is 14.6 Å². The van der Waals surface area contributed by atoms with E-state index in [1.807, 2.05) is 26.0 Å². The van der Waals surface area contributed by atoms with Crippen LogP contribution in [0.4, 0.5) is 5.69 Å². The average molecular weight is 273 g/mol. The summed E-state index contributed by atoms with van der Waals surface area (Å²) in [5, 5.41) is 2.94. The van der Waals surface area contributed by atoms with Crippen molar-refractivity contribution in [1.29, 1.82) is 0 Å². The monoisotopic (exact) mass is 273 g/mol. The topological polar surface area (TPSA) is 62.3 Å². The van der Waals surface area contributed by atoms with Crippen molar-refractivity contribution < 1.29 is 9.59 Å². The van der Waals surface area contributed by atoms with Gasteiger partial charge in [0, 0.05) is 19.2 Å². The van der Waals surface area contributed by atoms with Crippen LogP contribution in [0.2, 0.25) is 0 Å². The molecule has 1 saturated heterocycles. The van der Waals surface area contributed by atoms with Crippen molar-refractivity contribution in [3.05, 3.63) is 24.0 Å². The predicted molar refractivity (Wildman–Crippen MR) is 75.2 cm³/mol. The van der Waals surface area contributed by atoms with Crippen LogP contribution >= 0.6 is 0 Å². The molecule has 1 aliphatic carbocycles. The Morgan fingerprint density at radius 1 is 1.40 bits per heavy atom. The van der Waals surface area contributed by atoms with Gasteiger partial charge in [-0.15, -0.1) is 0 Å². The molecular weight excluding hydrogens is 254 g/mol. The first-order valence-electron chi connectivity index (χ1n) is 7.07. The van der Waals surface area contributed by atoms with E-state index in [-0.39, 0.29) is 17.7 Å². The highest BCUT2D eigenvalue weighted by molar-refractivity contribution is 6.04. The second-order valence-corrected chi connectivity index (χ2v) is 5.84. The number of carbonyl (C=O) groups is 2. The van der Waals surface area contributed by atoms with Crippen molar-refractivity contribution in [3.63, 3.8) is 0 Å². The Balaban J connectivity index is 2.00. The number of nitrogens with zero attached hydrogens (tertiary/aromatic N) is 2. The number of nitrogens with one attached hydrogen (secondary N) is 1. The highest BCUT2D eigenvalue weighted by Gasteiger charge is 2.51. The Morgan fingerprint density at radius 3 is 2.80 bits per heavy atom. The smallest absolute Gasteiger partial charge is 0.252 e. The molecule has 1 atom stereocenters. The van der Waals surface area contributed by atoms with E-state index < -0.39 is 5.54 Å². The highest BCUT2D eigenvalue weighted by atomic mass is 16.2. The van der Waals surface area contributed by atoms with Gasteiger partial charge in [0.15, 0.2) is 0 Å². The van der Waals surface area contributed by atoms with E-state index in [9.17, 15) is 9.59 Å². The van der Waals surface area contributed by atoms with Crippen molar-refractivity contribution in [1.82, 2.24) is 10.3 Å². The summed E-state index contributed by atoms with van der Waals surface area (Å²) in [7, 11) is 0. The second-order valence-electron chi connectivity index (χ2n) is 5.84. The van der Waals surface area contributed by atoms with Crippen LogP contribution in [0, 0.1) is 12.8 Å². The third kappa shape index (κ3) is 2.07. The van der Waals surface area contributed by atoms with Gasteiger partial charge in [-0.05, 0) is 44.7 Å². The summed E-state index contributed by atoms with van der Waals surface area (Å²) >= 11 is 0. The standard InChI is InChI=1S/C15H19N3O2/c1-10-12(4-3-8-16-10)18-9-7-13(19)17-15(2,14(18)20)11-5-6-11/h3-4,8,11H,5-7,9H2,1-2H3,(H,17,19). The summed E-state index contributed by atoms with van der Waals surface area (Å²) in [4.78, 5) is 30.8. The van der Waals surface area contributed by atoms with E-state index in [1.165, 1.54) is 0 Å². The van der Waals surface area contributed by atoms with Crippen molar-refractivity contribution in [2.75, 3.05) is 11.4 Å². The maximum Gasteiger partial charge on any atom is 0.252 e. The summed E-state index contributed by atoms with van der Waals surface area (Å²) in [6, 6.07) is 3.72. The van der Waals surface area contributed by atoms with Crippen LogP contribution in [-0.2, 0) is 9.59 Å². The zero-order valence-electron chi connectivity index (χ0n) is 11.8. The van der Waals surface area contributed by atoms with Gasteiger partial charge in [-0.2, -0.15) is 0 Å². The van der Waals surface area contributed by atoms with E-state index in [2.05, 4.69) is 10.3 Å². The van der Waals surface area contributed by atoms with Gasteiger partial charge >= 0.3 is 0 Å². The van der Waals surface area contributed by atoms with E-state index in [0.717, 1.165) is 24.2 Å². The zero-order valence-corrected chi connectivity index (χ0v) is 11.8. The molecule has 2 aliphatic rings. The van der Waals surface area contributed by atoms with Gasteiger partial charge in [0.2, 0.25) is 5.91 Å². The van der Waals surface area contributed by atoms with Crippen LogP contribution in [0.5, 0.6) is 0 Å². The molecule has 2 heterocycles. The first-order chi connectivity index (χ1) is 9.52. The number of carbonyl (C=O) groups excluding carboxylic acids is 2. The number of hydrogen-bond donors (Lipinski definition) is 1. The minimum Gasteiger partial charge on any atom is -0.342 e. The molecule has 1 aliphatic heterocycles. The van der Waals surface area contributed by atoms with E-state index in [0.29, 0.717) is 13.0 Å². The van der Waals surface area contributed by atoms with Crippen LogP contribution in [-0.4, -0.2) is 28.9 Å². The van der Waals surface area contributed by atoms with Crippen LogP contribution in [0.3, 0.4) is 0 Å². The Bertz CT molecular complexity index is 568. The molecule has 5 nitrogen and oxygen atoms in total. The number of pyridine rings is 1. The maximum absolute atomic E-state index is 12.9. The van der Waals surface area contributed by atoms with E-state index >= 15 is 0 Å². The molecule has 1 unspecified atom stereocenters. The van der Waals surface area contributed by atoms with Crippen LogP contribution < -0.4 is 10.2 Å². The molecule has 1 N–H and O–H groups in total. The average Bonchev–Trinajstić information content (AvgIpc) is 3.24. The molecule has 1 saturated carbocycles. The molecule has 1 aromatic rings. The minimum atomic E-state index is -0.768. The summed E-state index contributed by atoms with van der Waals surface area (Å²) in [5.41, 5.74) is 0.852. The minimum absolute atomic E-state index is 0.0121. The molecule has 20 heavy (non-hydrogen) atoms. The fourth-order valence-corrected chi connectivity index (χ4v) is 2.93. The molecule has 0 spiro atoms. The molecule has 2 amide bonds. The van der Waals surface area contributed by atoms with Gasteiger partial charge in [-0.1, -0.05) is 0 Å². The highest BCUT2D eigenvalue weighted by Crippen LogP contribution is 2.42. The lowest BCUT2D eigenvalue weighted by Gasteiger charge is -2.32. The summed E-state index contributed by atoms with van der Waals surface area (Å²) in [6.45, 7) is 4.16. The van der Waals surface area contributed by atoms with Gasteiger partial charge in [0.25, 0.3) is 5.91 Å². The molecular formula is C15H19N3O2. The maximum atomic E-state index is 12.9. The molecule has 0 aromatic carbocycles. The van der Waals surface area contributed by atoms with E-state index in [4.69, 9.17) is 0 Å². The Hall–Kier alpha value is -1.91. The lowest BCUT2D eigenvalue weighted by Crippen LogP contribution is -2.57. The Labute approximate surface area is 118 Å². The fraction of sp³-hybridized carbons (Fsp3) is 0.533. The van der Waals surface area contributed by atoms with Crippen LogP contribution in [0.25, 0.3) is 0 Å². The number of aromatic nitrogens is 1. The normalized spacial score (nSPS) is 27.2. The fourth-order valence-electron chi connectivity index (χ4n) is 2.93. The van der Waals surface area contributed by atoms with Crippen LogP contribution in [0.1, 0.15) is 31.9 Å². The second kappa shape index (κ2) is 4.58. The SMILES string of the molecule is Cc1ncccc1N1CCC(=O)NC(C)(C2CC2)C1=O. The van der Waals surface area contributed by atoms with Crippen molar-refractivity contribution in [2.45, 2.75) is 38.6 Å². The summed E-state index contributed by atoms with van der Waals surface area (Å²) in [5.74, 6) is 0.204. The molecule has 2 fully saturated rings. The molecule has 3 rings (SSSR count). The molecule has 1 aromatic heterocycles. The Morgan fingerprint density at radius 2 is 2.15 bits per heavy atom. The third-order valence-electron chi connectivity index (χ3n) is 4.31. The molecule has 106 valence electrons. The number of anilines is 1. The van der Waals surface area contributed by atoms with Crippen molar-refractivity contribution in [2.24, 2.45) is 5.92 Å². The lowest BCUT2D eigenvalue weighted by atomic mass is 9.94. The molecule has 5 heteroatoms. The first kappa shape index (κ1) is 13.1. The molecule has 0 radical (unpaired) electrons. The largest absolute Gasteiger partial charge is 0.342 e. The van der Waals surface area contributed by atoms with E-state index in [1.54, 1.807) is 11.1 Å². The van der Waals surface area contributed by atoms with Gasteiger partial charge in [0.05, 0.1) is 11.4 Å². The number of aryl methyl sites for hydroxylation is 1. The predicted octanol–water partition coefficient (Wildman–Crippen LogP) is 1.41. The van der Waals surface area contributed by atoms with Crippen molar-refractivity contribution >= 4 is 17.5 Å². The zero-order chi connectivity index (χ0) is 14.3. The molecule has 0 bridgehead atoms. The van der Waals surface area contributed by atoms with Gasteiger partial charge < -0.3 is 10.2 Å². The quantitative estimate of drug-likeness (QED) is 0.886. The summed E-state index contributed by atoms with van der Waals surface area (Å²) < 4.78 is 0. The first-order valence-corrected chi connectivity index (χ1v) is 7.07. The van der Waals surface area contributed by atoms with Gasteiger partial charge in [0.1, 0.15) is 5.54 Å². The number of amides is 2. The van der Waals surface area contributed by atoms with Crippen LogP contribution in [0.15, 0.2) is 18.3 Å². The Kier molecular flexibility index (Phi) is 3.00. The number of rotatable bonds is 2. The summed E-state index contributed by atoms with van der Waals surface area (Å²) in [6.07, 6.45) is 4.05. The third-order valence-corrected chi connectivity index (χ3v) is 4.31.